The fourth-order valence-electron chi connectivity index (χ4n) is 0.589. The van der Waals surface area contributed by atoms with Gasteiger partial charge in [0.15, 0.2) is 0 Å². The highest BCUT2D eigenvalue weighted by Crippen LogP contribution is 2.11. The van der Waals surface area contributed by atoms with Crippen LogP contribution in [0.4, 0.5) is 5.69 Å². The normalized spacial score (nSPS) is 9.30. The minimum atomic E-state index is 0.262. The first kappa shape index (κ1) is 7.21. The Morgan fingerprint density at radius 2 is 2.40 bits per heavy atom. The zero-order valence-electron chi connectivity index (χ0n) is 5.13. The van der Waals surface area contributed by atoms with Crippen LogP contribution in [0.1, 0.15) is 5.56 Å². The molecule has 1 aromatic heterocycles. The zero-order chi connectivity index (χ0) is 7.56. The molecule has 0 aromatic carbocycles. The summed E-state index contributed by atoms with van der Waals surface area (Å²) in [7, 11) is 0. The van der Waals surface area contributed by atoms with Crippen LogP contribution in [0.3, 0.4) is 0 Å². The van der Waals surface area contributed by atoms with Gasteiger partial charge in [-0.2, -0.15) is 0 Å². The second-order valence-electron chi connectivity index (χ2n) is 1.78. The minimum Gasteiger partial charge on any atom is -0.398 e. The van der Waals surface area contributed by atoms with Crippen LogP contribution in [-0.2, 0) is 0 Å². The van der Waals surface area contributed by atoms with Crippen LogP contribution >= 0.6 is 15.9 Å². The van der Waals surface area contributed by atoms with Crippen molar-refractivity contribution < 1.29 is 0 Å². The first-order valence-corrected chi connectivity index (χ1v) is 3.45. The van der Waals surface area contributed by atoms with Crippen molar-refractivity contribution in [3.8, 4) is 0 Å². The summed E-state index contributed by atoms with van der Waals surface area (Å²) in [5.74, 6) is 0. The second kappa shape index (κ2) is 2.79. The standard InChI is InChI=1S/C6H6BrN3/c7-6(9)4-3-10-2-1-5(4)8/h1-3,9H,(H2,8,10). The third-order valence-electron chi connectivity index (χ3n) is 1.09. The molecule has 0 unspecified atom stereocenters. The molecule has 4 heteroatoms. The molecule has 0 spiro atoms. The van der Waals surface area contributed by atoms with Crippen LogP contribution in [0.2, 0.25) is 0 Å². The summed E-state index contributed by atoms with van der Waals surface area (Å²) in [5.41, 5.74) is 6.70. The van der Waals surface area contributed by atoms with Gasteiger partial charge >= 0.3 is 0 Å². The molecule has 0 aliphatic rings. The number of nitrogens with two attached hydrogens (primary N) is 1. The lowest BCUT2D eigenvalue weighted by Gasteiger charge is -1.98. The number of anilines is 1. The fraction of sp³-hybridized carbons (Fsp3) is 0. The quantitative estimate of drug-likeness (QED) is 0.672. The molecule has 0 aliphatic carbocycles. The van der Waals surface area contributed by atoms with Crippen LogP contribution in [0.15, 0.2) is 18.5 Å². The highest BCUT2D eigenvalue weighted by atomic mass is 79.9. The molecule has 0 amide bonds. The lowest BCUT2D eigenvalue weighted by molar-refractivity contribution is 1.32. The molecule has 10 heavy (non-hydrogen) atoms. The summed E-state index contributed by atoms with van der Waals surface area (Å²) in [6.45, 7) is 0. The Bertz CT molecular complexity index is 259. The first-order chi connectivity index (χ1) is 4.72. The van der Waals surface area contributed by atoms with Crippen LogP contribution < -0.4 is 5.73 Å². The van der Waals surface area contributed by atoms with E-state index in [9.17, 15) is 0 Å². The minimum absolute atomic E-state index is 0.262. The molecule has 0 radical (unpaired) electrons. The van der Waals surface area contributed by atoms with Crippen molar-refractivity contribution in [1.82, 2.24) is 4.98 Å². The Labute approximate surface area is 66.9 Å². The largest absolute Gasteiger partial charge is 0.398 e. The molecule has 52 valence electrons. The highest BCUT2D eigenvalue weighted by Gasteiger charge is 1.99. The number of hydrogen-bond acceptors (Lipinski definition) is 3. The molecule has 0 saturated heterocycles. The van der Waals surface area contributed by atoms with Gasteiger partial charge in [0.2, 0.25) is 0 Å². The van der Waals surface area contributed by atoms with E-state index in [-0.39, 0.29) is 4.62 Å². The van der Waals surface area contributed by atoms with Crippen LogP contribution in [0.5, 0.6) is 0 Å². The van der Waals surface area contributed by atoms with E-state index < -0.39 is 0 Å². The molecule has 1 aromatic rings. The van der Waals surface area contributed by atoms with Crippen molar-refractivity contribution >= 4 is 26.2 Å². The average molecular weight is 200 g/mol. The summed E-state index contributed by atoms with van der Waals surface area (Å²) in [6.07, 6.45) is 3.14. The fourth-order valence-corrected chi connectivity index (χ4v) is 0.920. The van der Waals surface area contributed by atoms with E-state index in [0.29, 0.717) is 11.3 Å². The maximum Gasteiger partial charge on any atom is 0.108 e. The molecule has 3 N–H and O–H groups in total. The zero-order valence-corrected chi connectivity index (χ0v) is 6.72. The van der Waals surface area contributed by atoms with Gasteiger partial charge in [-0.1, -0.05) is 0 Å². The third kappa shape index (κ3) is 1.33. The van der Waals surface area contributed by atoms with Gasteiger partial charge < -0.3 is 5.73 Å². The topological polar surface area (TPSA) is 62.8 Å². The summed E-state index contributed by atoms with van der Waals surface area (Å²) in [4.78, 5) is 3.82. The van der Waals surface area contributed by atoms with Gasteiger partial charge in [-0.05, 0) is 22.0 Å². The van der Waals surface area contributed by atoms with Crippen molar-refractivity contribution in [3.05, 3.63) is 24.0 Å². The molecule has 0 saturated carbocycles. The molecular weight excluding hydrogens is 194 g/mol. The van der Waals surface area contributed by atoms with E-state index in [0.717, 1.165) is 0 Å². The van der Waals surface area contributed by atoms with Crippen molar-refractivity contribution in [2.75, 3.05) is 5.73 Å². The van der Waals surface area contributed by atoms with Gasteiger partial charge in [-0.15, -0.1) is 0 Å². The third-order valence-corrected chi connectivity index (χ3v) is 1.52. The van der Waals surface area contributed by atoms with E-state index in [2.05, 4.69) is 20.9 Å². The smallest absolute Gasteiger partial charge is 0.108 e. The van der Waals surface area contributed by atoms with Crippen LogP contribution in [0.25, 0.3) is 0 Å². The number of hydrogen-bond donors (Lipinski definition) is 2. The molecule has 0 bridgehead atoms. The Kier molecular flexibility index (Phi) is 2.01. The predicted molar refractivity (Wildman–Crippen MR) is 44.4 cm³/mol. The predicted octanol–water partition coefficient (Wildman–Crippen LogP) is 1.38. The summed E-state index contributed by atoms with van der Waals surface area (Å²) in [6, 6.07) is 1.66. The van der Waals surface area contributed by atoms with Gasteiger partial charge in [0.05, 0.1) is 0 Å². The number of nitrogens with zero attached hydrogens (tertiary/aromatic N) is 1. The van der Waals surface area contributed by atoms with Crippen molar-refractivity contribution in [2.45, 2.75) is 0 Å². The van der Waals surface area contributed by atoms with E-state index in [1.807, 2.05) is 0 Å². The number of halogens is 1. The van der Waals surface area contributed by atoms with Crippen molar-refractivity contribution in [1.29, 1.82) is 5.41 Å². The Morgan fingerprint density at radius 1 is 1.70 bits per heavy atom. The van der Waals surface area contributed by atoms with E-state index in [1.165, 1.54) is 0 Å². The molecule has 3 nitrogen and oxygen atoms in total. The summed E-state index contributed by atoms with van der Waals surface area (Å²) >= 11 is 3.00. The number of rotatable bonds is 1. The van der Waals surface area contributed by atoms with Gasteiger partial charge in [0, 0.05) is 23.6 Å². The van der Waals surface area contributed by atoms with E-state index >= 15 is 0 Å². The van der Waals surface area contributed by atoms with Crippen molar-refractivity contribution in [3.63, 3.8) is 0 Å². The lowest BCUT2D eigenvalue weighted by Crippen LogP contribution is -1.96. The Morgan fingerprint density at radius 3 is 2.80 bits per heavy atom. The summed E-state index contributed by atoms with van der Waals surface area (Å²) in [5, 5.41) is 7.17. The van der Waals surface area contributed by atoms with Crippen molar-refractivity contribution in [2.24, 2.45) is 0 Å². The molecule has 1 rings (SSSR count). The number of nitrogen functional groups attached to an aromatic ring is 1. The number of nitrogens with one attached hydrogen (secondary N) is 1. The van der Waals surface area contributed by atoms with Gasteiger partial charge in [0.1, 0.15) is 4.62 Å². The maximum atomic E-state index is 7.17. The first-order valence-electron chi connectivity index (χ1n) is 2.65. The lowest BCUT2D eigenvalue weighted by atomic mass is 10.2. The highest BCUT2D eigenvalue weighted by molar-refractivity contribution is 9.18. The van der Waals surface area contributed by atoms with E-state index in [1.54, 1.807) is 18.5 Å². The Hall–Kier alpha value is -0.900. The molecule has 0 fully saturated rings. The Balaban J connectivity index is 3.15. The van der Waals surface area contributed by atoms with E-state index in [4.69, 9.17) is 11.1 Å². The van der Waals surface area contributed by atoms with Gasteiger partial charge in [-0.3, -0.25) is 10.4 Å². The molecule has 0 atom stereocenters. The van der Waals surface area contributed by atoms with Crippen LogP contribution in [0, 0.1) is 5.41 Å². The number of aromatic nitrogens is 1. The average Bonchev–Trinajstić information content (AvgIpc) is 1.88. The van der Waals surface area contributed by atoms with Gasteiger partial charge in [-0.25, -0.2) is 0 Å². The second-order valence-corrected chi connectivity index (χ2v) is 2.57. The number of pyridine rings is 1. The van der Waals surface area contributed by atoms with Crippen LogP contribution in [-0.4, -0.2) is 9.60 Å². The SMILES string of the molecule is N=C(Br)c1cnccc1N. The molecule has 1 heterocycles. The maximum absolute atomic E-state index is 7.17. The molecule has 0 aliphatic heterocycles. The summed E-state index contributed by atoms with van der Waals surface area (Å²) < 4.78 is 0.262. The van der Waals surface area contributed by atoms with Gasteiger partial charge in [0.25, 0.3) is 0 Å². The molecular formula is C6H6BrN3. The monoisotopic (exact) mass is 199 g/mol.